The number of nitrogens with zero attached hydrogens (tertiary/aromatic N) is 3. The second-order valence-electron chi connectivity index (χ2n) is 3.16. The van der Waals surface area contributed by atoms with E-state index in [1.807, 2.05) is 0 Å². The topological polar surface area (TPSA) is 38.8 Å². The Balaban J connectivity index is 2.10. The first kappa shape index (κ1) is 8.52. The Labute approximate surface area is 72.7 Å². The van der Waals surface area contributed by atoms with Gasteiger partial charge in [-0.3, -0.25) is 0 Å². The molecule has 1 radical (unpaired) electrons. The molecule has 0 aromatic heterocycles. The molecule has 1 aliphatic carbocycles. The lowest BCUT2D eigenvalue weighted by atomic mass is 9.86. The van der Waals surface area contributed by atoms with E-state index in [0.29, 0.717) is 17.8 Å². The summed E-state index contributed by atoms with van der Waals surface area (Å²) in [7, 11) is 0. The largest absolute Gasteiger partial charge is 0.392 e. The van der Waals surface area contributed by atoms with Gasteiger partial charge in [0.05, 0.1) is 17.3 Å². The van der Waals surface area contributed by atoms with Gasteiger partial charge in [-0.2, -0.15) is 13.2 Å². The zero-order chi connectivity index (χ0) is 9.47. The van der Waals surface area contributed by atoms with Gasteiger partial charge in [0.15, 0.2) is 0 Å². The Morgan fingerprint density at radius 1 is 1.15 bits per heavy atom. The summed E-state index contributed by atoms with van der Waals surface area (Å²) < 4.78 is 36.8. The van der Waals surface area contributed by atoms with E-state index < -0.39 is 12.1 Å². The smallest absolute Gasteiger partial charge is 0.171 e. The van der Waals surface area contributed by atoms with E-state index in [0.717, 1.165) is 0 Å². The van der Waals surface area contributed by atoms with Gasteiger partial charge in [-0.15, -0.1) is 10.2 Å². The second-order valence-corrected chi connectivity index (χ2v) is 3.16. The van der Waals surface area contributed by atoms with E-state index >= 15 is 0 Å². The maximum absolute atomic E-state index is 12.3. The molecule has 0 bridgehead atoms. The van der Waals surface area contributed by atoms with Crippen LogP contribution in [0.25, 0.3) is 0 Å². The van der Waals surface area contributed by atoms with E-state index in [1.165, 1.54) is 0 Å². The third-order valence-electron chi connectivity index (χ3n) is 2.30. The summed E-state index contributed by atoms with van der Waals surface area (Å²) in [5.41, 5.74) is 4.39. The molecule has 71 valence electrons. The maximum Gasteiger partial charge on any atom is 0.392 e. The monoisotopic (exact) mass is 190 g/mol. The number of fused-ring (bicyclic) bond motifs is 1. The van der Waals surface area contributed by atoms with Crippen LogP contribution in [0, 0.1) is 5.92 Å². The Kier molecular flexibility index (Phi) is 1.78. The summed E-state index contributed by atoms with van der Waals surface area (Å²) in [6.07, 6.45) is -3.73. The average Bonchev–Trinajstić information content (AvgIpc) is 2.47. The molecule has 1 fully saturated rings. The van der Waals surface area contributed by atoms with Crippen molar-refractivity contribution >= 4 is 11.4 Å². The number of rotatable bonds is 0. The van der Waals surface area contributed by atoms with Crippen molar-refractivity contribution in [3.05, 3.63) is 0 Å². The number of alkyl halides is 3. The highest BCUT2D eigenvalue weighted by Gasteiger charge is 2.43. The van der Waals surface area contributed by atoms with Gasteiger partial charge in [-0.1, -0.05) is 0 Å². The van der Waals surface area contributed by atoms with Gasteiger partial charge in [0.2, 0.25) is 0 Å². The zero-order valence-electron chi connectivity index (χ0n) is 6.67. The van der Waals surface area contributed by atoms with Crippen molar-refractivity contribution in [2.75, 3.05) is 0 Å². The van der Waals surface area contributed by atoms with Crippen LogP contribution in [0.1, 0.15) is 19.3 Å². The molecule has 0 saturated heterocycles. The minimum absolute atomic E-state index is 0.0637. The van der Waals surface area contributed by atoms with Crippen LogP contribution in [-0.4, -0.2) is 17.6 Å². The van der Waals surface area contributed by atoms with Crippen molar-refractivity contribution in [1.29, 1.82) is 0 Å². The summed E-state index contributed by atoms with van der Waals surface area (Å²) in [4.78, 5) is 0. The Bertz CT molecular complexity index is 279. The van der Waals surface area contributed by atoms with Crippen molar-refractivity contribution < 1.29 is 13.2 Å². The highest BCUT2D eigenvalue weighted by Crippen LogP contribution is 2.36. The highest BCUT2D eigenvalue weighted by molar-refractivity contribution is 6.43. The van der Waals surface area contributed by atoms with Crippen LogP contribution in [0.5, 0.6) is 0 Å². The van der Waals surface area contributed by atoms with Gasteiger partial charge < -0.3 is 0 Å². The van der Waals surface area contributed by atoms with Crippen molar-refractivity contribution in [3.63, 3.8) is 0 Å². The minimum Gasteiger partial charge on any atom is -0.171 e. The zero-order valence-corrected chi connectivity index (χ0v) is 6.67. The molecule has 0 aromatic carbocycles. The lowest BCUT2D eigenvalue weighted by Gasteiger charge is -2.23. The van der Waals surface area contributed by atoms with Crippen molar-refractivity contribution in [3.8, 4) is 0 Å². The van der Waals surface area contributed by atoms with Crippen LogP contribution in [-0.2, 0) is 0 Å². The first-order valence-corrected chi connectivity index (χ1v) is 3.98. The van der Waals surface area contributed by atoms with Crippen LogP contribution in [0.15, 0.2) is 10.2 Å². The molecule has 0 amide bonds. The molecule has 6 heteroatoms. The van der Waals surface area contributed by atoms with Crippen LogP contribution >= 0.6 is 0 Å². The summed E-state index contributed by atoms with van der Waals surface area (Å²) in [5, 5.41) is 7.20. The molecule has 2 rings (SSSR count). The number of halogens is 3. The Hall–Kier alpha value is -1.07. The van der Waals surface area contributed by atoms with E-state index in [-0.39, 0.29) is 12.8 Å². The van der Waals surface area contributed by atoms with Crippen molar-refractivity contribution in [2.45, 2.75) is 25.4 Å². The average molecular weight is 190 g/mol. The molecule has 1 unspecified atom stereocenters. The first-order valence-electron chi connectivity index (χ1n) is 3.98. The van der Waals surface area contributed by atoms with Crippen LogP contribution < -0.4 is 5.53 Å². The van der Waals surface area contributed by atoms with Gasteiger partial charge >= 0.3 is 6.18 Å². The molecule has 1 aliphatic heterocycles. The van der Waals surface area contributed by atoms with Crippen molar-refractivity contribution in [1.82, 2.24) is 5.53 Å². The third-order valence-corrected chi connectivity index (χ3v) is 2.30. The molecule has 0 spiro atoms. The first-order chi connectivity index (χ1) is 6.07. The lowest BCUT2D eigenvalue weighted by molar-refractivity contribution is -0.174. The fourth-order valence-corrected chi connectivity index (χ4v) is 1.52. The summed E-state index contributed by atoms with van der Waals surface area (Å²) in [6, 6.07) is 0. The normalized spacial score (nSPS) is 27.5. The molecule has 1 saturated carbocycles. The molecule has 1 atom stereocenters. The fraction of sp³-hybridized carbons (Fsp3) is 0.714. The molecule has 1 heterocycles. The maximum atomic E-state index is 12.3. The highest BCUT2D eigenvalue weighted by atomic mass is 19.4. The van der Waals surface area contributed by atoms with Gasteiger partial charge in [0, 0.05) is 6.42 Å². The second kappa shape index (κ2) is 2.71. The van der Waals surface area contributed by atoms with Crippen LogP contribution in [0.3, 0.4) is 0 Å². The Morgan fingerprint density at radius 3 is 2.54 bits per heavy atom. The number of hydrogen-bond donors (Lipinski definition) is 0. The molecule has 13 heavy (non-hydrogen) atoms. The summed E-state index contributed by atoms with van der Waals surface area (Å²) in [5.74, 6) is -1.27. The third kappa shape index (κ3) is 1.52. The summed E-state index contributed by atoms with van der Waals surface area (Å²) >= 11 is 0. The molecule has 2 aliphatic rings. The van der Waals surface area contributed by atoms with Crippen LogP contribution in [0.4, 0.5) is 13.2 Å². The number of hydrogen-bond acceptors (Lipinski definition) is 2. The van der Waals surface area contributed by atoms with Crippen LogP contribution in [0.2, 0.25) is 0 Å². The quantitative estimate of drug-likeness (QED) is 0.557. The van der Waals surface area contributed by atoms with Gasteiger partial charge in [0.1, 0.15) is 0 Å². The lowest BCUT2D eigenvalue weighted by Crippen LogP contribution is -2.32. The predicted octanol–water partition coefficient (Wildman–Crippen LogP) is 1.68. The molecular weight excluding hydrogens is 183 g/mol. The van der Waals surface area contributed by atoms with Gasteiger partial charge in [0.25, 0.3) is 0 Å². The standard InChI is InChI=1S/C7H7F3N3/c8-7(9,10)4-1-2-5-6(3-4)12-13-11-5/h4H,1-3H2. The van der Waals surface area contributed by atoms with Gasteiger partial charge in [-0.25, -0.2) is 0 Å². The minimum atomic E-state index is -4.11. The molecule has 0 N–H and O–H groups in total. The molecule has 3 nitrogen and oxygen atoms in total. The predicted molar refractivity (Wildman–Crippen MR) is 40.4 cm³/mol. The Morgan fingerprint density at radius 2 is 1.85 bits per heavy atom. The van der Waals surface area contributed by atoms with Crippen molar-refractivity contribution in [2.24, 2.45) is 16.1 Å². The molecular formula is C7H7F3N3. The SMILES string of the molecule is FC(F)(F)C1CCC2=N[N]N=C2C1. The molecule has 0 aromatic rings. The van der Waals surface area contributed by atoms with E-state index in [9.17, 15) is 13.2 Å². The van der Waals surface area contributed by atoms with E-state index in [4.69, 9.17) is 0 Å². The van der Waals surface area contributed by atoms with E-state index in [2.05, 4.69) is 15.7 Å². The summed E-state index contributed by atoms with van der Waals surface area (Å²) in [6.45, 7) is 0. The van der Waals surface area contributed by atoms with E-state index in [1.54, 1.807) is 0 Å². The fourth-order valence-electron chi connectivity index (χ4n) is 1.52. The van der Waals surface area contributed by atoms with Gasteiger partial charge in [-0.05, 0) is 18.4 Å².